The smallest absolute Gasteiger partial charge is 0.126 e. The largest absolute Gasteiger partial charge is 0.234 e. The predicted octanol–water partition coefficient (Wildman–Crippen LogP) is 7.23. The summed E-state index contributed by atoms with van der Waals surface area (Å²) in [6.45, 7) is 2.13. The van der Waals surface area contributed by atoms with Crippen molar-refractivity contribution in [2.75, 3.05) is 0 Å². The molecule has 0 aliphatic rings. The van der Waals surface area contributed by atoms with E-state index in [4.69, 9.17) is 16.6 Å². The van der Waals surface area contributed by atoms with Crippen molar-refractivity contribution < 1.29 is 0 Å². The number of halogens is 1. The molecule has 114 valence electrons. The zero-order valence-corrected chi connectivity index (χ0v) is 15.5. The Morgan fingerprint density at radius 2 is 1.87 bits per heavy atom. The Bertz CT molecular complexity index is 950. The number of aryl methyl sites for hydroxylation is 1. The summed E-state index contributed by atoms with van der Waals surface area (Å²) in [5, 5.41) is 5.99. The molecule has 0 bridgehead atoms. The number of rotatable bonds is 3. The van der Waals surface area contributed by atoms with Gasteiger partial charge in [-0.15, -0.1) is 34.0 Å². The fraction of sp³-hybridized carbons (Fsp3) is 0.0556. The molecule has 1 nitrogen and oxygen atoms in total. The van der Waals surface area contributed by atoms with Crippen molar-refractivity contribution in [1.82, 2.24) is 4.98 Å². The highest BCUT2D eigenvalue weighted by Crippen LogP contribution is 2.44. The molecule has 0 unspecified atom stereocenters. The van der Waals surface area contributed by atoms with Crippen LogP contribution >= 0.6 is 45.6 Å². The molecule has 4 rings (SSSR count). The van der Waals surface area contributed by atoms with Crippen LogP contribution < -0.4 is 0 Å². The van der Waals surface area contributed by atoms with Gasteiger partial charge in [0.05, 0.1) is 14.8 Å². The Labute approximate surface area is 151 Å². The van der Waals surface area contributed by atoms with Gasteiger partial charge >= 0.3 is 0 Å². The molecule has 0 N–H and O–H groups in total. The maximum Gasteiger partial charge on any atom is 0.126 e. The standard InChI is InChI=1S/C18H12ClNS3/c1-11-9-15(22-10-11)17-16(14-7-4-8-21-14)20-18(23-17)12-5-2-3-6-13(12)19/h2-10H,1H3. The zero-order chi connectivity index (χ0) is 15.8. The fourth-order valence-corrected chi connectivity index (χ4v) is 5.57. The summed E-state index contributed by atoms with van der Waals surface area (Å²) >= 11 is 11.6. The molecule has 0 fully saturated rings. The monoisotopic (exact) mass is 373 g/mol. The van der Waals surface area contributed by atoms with Crippen LogP contribution in [0.2, 0.25) is 5.02 Å². The Balaban J connectivity index is 1.92. The second-order valence-electron chi connectivity index (χ2n) is 5.14. The van der Waals surface area contributed by atoms with Gasteiger partial charge in [0.15, 0.2) is 0 Å². The van der Waals surface area contributed by atoms with Crippen LogP contribution in [0.25, 0.3) is 30.9 Å². The first-order valence-corrected chi connectivity index (χ1v) is 10.0. The number of nitrogens with zero attached hydrogens (tertiary/aromatic N) is 1. The molecule has 1 aromatic carbocycles. The van der Waals surface area contributed by atoms with Crippen molar-refractivity contribution in [2.24, 2.45) is 0 Å². The fourth-order valence-electron chi connectivity index (χ4n) is 2.37. The summed E-state index contributed by atoms with van der Waals surface area (Å²) in [6.07, 6.45) is 0. The number of benzene rings is 1. The quantitative estimate of drug-likeness (QED) is 0.369. The lowest BCUT2D eigenvalue weighted by Crippen LogP contribution is -1.79. The lowest BCUT2D eigenvalue weighted by atomic mass is 10.2. The molecule has 3 aromatic heterocycles. The highest BCUT2D eigenvalue weighted by atomic mass is 35.5. The van der Waals surface area contributed by atoms with Crippen molar-refractivity contribution in [3.63, 3.8) is 0 Å². The molecule has 0 aliphatic carbocycles. The van der Waals surface area contributed by atoms with Crippen LogP contribution in [0.3, 0.4) is 0 Å². The van der Waals surface area contributed by atoms with E-state index < -0.39 is 0 Å². The predicted molar refractivity (Wildman–Crippen MR) is 104 cm³/mol. The molecule has 0 amide bonds. The first kappa shape index (κ1) is 15.1. The summed E-state index contributed by atoms with van der Waals surface area (Å²) in [4.78, 5) is 8.60. The Kier molecular flexibility index (Phi) is 4.07. The summed E-state index contributed by atoms with van der Waals surface area (Å²) in [5.74, 6) is 0. The van der Waals surface area contributed by atoms with E-state index in [2.05, 4.69) is 35.9 Å². The maximum atomic E-state index is 6.37. The third-order valence-corrected chi connectivity index (χ3v) is 6.96. The molecular formula is C18H12ClNS3. The van der Waals surface area contributed by atoms with Gasteiger partial charge in [-0.25, -0.2) is 4.98 Å². The van der Waals surface area contributed by atoms with Crippen molar-refractivity contribution in [1.29, 1.82) is 0 Å². The highest BCUT2D eigenvalue weighted by Gasteiger charge is 2.18. The Hall–Kier alpha value is -1.46. The molecule has 0 atom stereocenters. The average Bonchev–Trinajstić information content (AvgIpc) is 3.27. The molecule has 0 saturated carbocycles. The number of thiophene rings is 2. The summed E-state index contributed by atoms with van der Waals surface area (Å²) in [5.41, 5.74) is 3.34. The van der Waals surface area contributed by atoms with Crippen LogP contribution in [0, 0.1) is 6.92 Å². The molecule has 0 spiro atoms. The third-order valence-electron chi connectivity index (χ3n) is 3.44. The molecule has 3 heterocycles. The second-order valence-corrected chi connectivity index (χ2v) is 8.41. The van der Waals surface area contributed by atoms with Gasteiger partial charge in [-0.2, -0.15) is 0 Å². The van der Waals surface area contributed by atoms with Crippen LogP contribution in [-0.2, 0) is 0 Å². The van der Waals surface area contributed by atoms with Gasteiger partial charge in [0, 0.05) is 10.4 Å². The summed E-state index contributed by atoms with van der Waals surface area (Å²) < 4.78 is 0. The van der Waals surface area contributed by atoms with Crippen molar-refractivity contribution in [3.05, 3.63) is 63.8 Å². The first-order valence-electron chi connectivity index (χ1n) is 7.07. The maximum absolute atomic E-state index is 6.37. The molecule has 0 aliphatic heterocycles. The van der Waals surface area contributed by atoms with Gasteiger partial charge < -0.3 is 0 Å². The van der Waals surface area contributed by atoms with E-state index in [0.29, 0.717) is 0 Å². The third kappa shape index (κ3) is 2.88. The Morgan fingerprint density at radius 1 is 1.00 bits per heavy atom. The SMILES string of the molecule is Cc1csc(-c2sc(-c3ccccc3Cl)nc2-c2cccs2)c1. The first-order chi connectivity index (χ1) is 11.2. The van der Waals surface area contributed by atoms with Crippen LogP contribution in [0.1, 0.15) is 5.56 Å². The minimum absolute atomic E-state index is 0.743. The number of aromatic nitrogens is 1. The van der Waals surface area contributed by atoms with Gasteiger partial charge in [0.2, 0.25) is 0 Å². The van der Waals surface area contributed by atoms with Crippen LogP contribution in [0.5, 0.6) is 0 Å². The van der Waals surface area contributed by atoms with E-state index in [1.807, 2.05) is 24.3 Å². The zero-order valence-electron chi connectivity index (χ0n) is 12.2. The van der Waals surface area contributed by atoms with Crippen LogP contribution in [-0.4, -0.2) is 4.98 Å². The van der Waals surface area contributed by atoms with E-state index in [1.165, 1.54) is 20.2 Å². The van der Waals surface area contributed by atoms with Crippen molar-refractivity contribution >= 4 is 45.6 Å². The van der Waals surface area contributed by atoms with Gasteiger partial charge in [-0.3, -0.25) is 0 Å². The van der Waals surface area contributed by atoms with E-state index in [9.17, 15) is 0 Å². The van der Waals surface area contributed by atoms with E-state index in [-0.39, 0.29) is 0 Å². The molecular weight excluding hydrogens is 362 g/mol. The molecule has 4 aromatic rings. The van der Waals surface area contributed by atoms with Gasteiger partial charge in [0.1, 0.15) is 10.7 Å². The van der Waals surface area contributed by atoms with Crippen LogP contribution in [0.4, 0.5) is 0 Å². The van der Waals surface area contributed by atoms with Crippen molar-refractivity contribution in [2.45, 2.75) is 6.92 Å². The molecule has 5 heteroatoms. The summed E-state index contributed by atoms with van der Waals surface area (Å²) in [6, 6.07) is 14.3. The molecule has 0 saturated heterocycles. The second kappa shape index (κ2) is 6.21. The van der Waals surface area contributed by atoms with Crippen LogP contribution in [0.15, 0.2) is 53.2 Å². The van der Waals surface area contributed by atoms with Gasteiger partial charge in [-0.1, -0.05) is 35.9 Å². The normalized spacial score (nSPS) is 11.0. The number of thiazole rings is 1. The van der Waals surface area contributed by atoms with E-state index in [1.54, 1.807) is 34.0 Å². The minimum Gasteiger partial charge on any atom is -0.234 e. The number of hydrogen-bond acceptors (Lipinski definition) is 4. The van der Waals surface area contributed by atoms with Gasteiger partial charge in [0.25, 0.3) is 0 Å². The Morgan fingerprint density at radius 3 is 2.57 bits per heavy atom. The highest BCUT2D eigenvalue weighted by molar-refractivity contribution is 7.24. The van der Waals surface area contributed by atoms with Gasteiger partial charge in [-0.05, 0) is 41.4 Å². The van der Waals surface area contributed by atoms with E-state index >= 15 is 0 Å². The lowest BCUT2D eigenvalue weighted by Gasteiger charge is -1.98. The number of hydrogen-bond donors (Lipinski definition) is 0. The summed E-state index contributed by atoms with van der Waals surface area (Å²) in [7, 11) is 0. The van der Waals surface area contributed by atoms with Crippen molar-refractivity contribution in [3.8, 4) is 30.9 Å². The molecule has 23 heavy (non-hydrogen) atoms. The van der Waals surface area contributed by atoms with E-state index in [0.717, 1.165) is 21.3 Å². The topological polar surface area (TPSA) is 12.9 Å². The molecule has 0 radical (unpaired) electrons. The lowest BCUT2D eigenvalue weighted by molar-refractivity contribution is 1.42. The average molecular weight is 374 g/mol. The minimum atomic E-state index is 0.743.